The van der Waals surface area contributed by atoms with Gasteiger partial charge in [-0.15, -0.1) is 0 Å². The molecule has 0 N–H and O–H groups in total. The Bertz CT molecular complexity index is 731. The summed E-state index contributed by atoms with van der Waals surface area (Å²) in [5.41, 5.74) is 1.75. The van der Waals surface area contributed by atoms with Gasteiger partial charge in [-0.05, 0) is 43.7 Å². The molecule has 0 unspecified atom stereocenters. The summed E-state index contributed by atoms with van der Waals surface area (Å²) in [4.78, 5) is 24.6. The lowest BCUT2D eigenvalue weighted by atomic mass is 10.1. The molecule has 0 bridgehead atoms. The molecule has 22 heavy (non-hydrogen) atoms. The van der Waals surface area contributed by atoms with Gasteiger partial charge in [0, 0.05) is 23.9 Å². The number of aryl methyl sites for hydroxylation is 1. The van der Waals surface area contributed by atoms with Gasteiger partial charge in [0.15, 0.2) is 0 Å². The summed E-state index contributed by atoms with van der Waals surface area (Å²) in [6, 6.07) is 11.6. The van der Waals surface area contributed by atoms with E-state index in [0.29, 0.717) is 6.54 Å². The second kappa shape index (κ2) is 6.58. The van der Waals surface area contributed by atoms with Crippen molar-refractivity contribution in [2.45, 2.75) is 13.8 Å². The maximum absolute atomic E-state index is 12.6. The normalized spacial score (nSPS) is 10.3. The highest BCUT2D eigenvalue weighted by Crippen LogP contribution is 2.27. The van der Waals surface area contributed by atoms with Gasteiger partial charge in [-0.3, -0.25) is 14.9 Å². The first-order chi connectivity index (χ1) is 10.4. The predicted octanol–water partition coefficient (Wildman–Crippen LogP) is 4.22. The Kier molecular flexibility index (Phi) is 4.78. The summed E-state index contributed by atoms with van der Waals surface area (Å²) >= 11 is 5.78. The summed E-state index contributed by atoms with van der Waals surface area (Å²) in [7, 11) is 0. The van der Waals surface area contributed by atoms with E-state index in [9.17, 15) is 14.9 Å². The fourth-order valence-corrected chi connectivity index (χ4v) is 2.37. The minimum atomic E-state index is -0.595. The molecule has 6 heteroatoms. The van der Waals surface area contributed by atoms with Crippen LogP contribution in [0.1, 0.15) is 22.8 Å². The van der Waals surface area contributed by atoms with Crippen LogP contribution in [0.5, 0.6) is 0 Å². The zero-order valence-corrected chi connectivity index (χ0v) is 13.0. The van der Waals surface area contributed by atoms with E-state index < -0.39 is 4.92 Å². The van der Waals surface area contributed by atoms with Gasteiger partial charge in [-0.25, -0.2) is 0 Å². The molecule has 0 saturated heterocycles. The first-order valence-corrected chi connectivity index (χ1v) is 7.14. The van der Waals surface area contributed by atoms with Crippen molar-refractivity contribution in [2.24, 2.45) is 0 Å². The molecule has 5 nitrogen and oxygen atoms in total. The van der Waals surface area contributed by atoms with E-state index in [0.717, 1.165) is 11.3 Å². The van der Waals surface area contributed by atoms with Crippen molar-refractivity contribution < 1.29 is 9.72 Å². The number of hydrogen-bond acceptors (Lipinski definition) is 3. The molecule has 114 valence electrons. The minimum Gasteiger partial charge on any atom is -0.309 e. The average molecular weight is 319 g/mol. The lowest BCUT2D eigenvalue weighted by Crippen LogP contribution is -2.30. The van der Waals surface area contributed by atoms with Crippen molar-refractivity contribution in [1.29, 1.82) is 0 Å². The zero-order valence-electron chi connectivity index (χ0n) is 12.2. The lowest BCUT2D eigenvalue weighted by Gasteiger charge is -2.21. The first kappa shape index (κ1) is 16.0. The molecule has 0 spiro atoms. The van der Waals surface area contributed by atoms with Crippen molar-refractivity contribution in [3.63, 3.8) is 0 Å². The first-order valence-electron chi connectivity index (χ1n) is 6.76. The Hall–Kier alpha value is -2.40. The summed E-state index contributed by atoms with van der Waals surface area (Å²) in [5, 5.41) is 11.0. The van der Waals surface area contributed by atoms with Crippen LogP contribution < -0.4 is 4.90 Å². The molecular weight excluding hydrogens is 304 g/mol. The van der Waals surface area contributed by atoms with Gasteiger partial charge in [0.05, 0.1) is 4.92 Å². The number of nitrogens with zero attached hydrogens (tertiary/aromatic N) is 2. The molecule has 0 aliphatic carbocycles. The van der Waals surface area contributed by atoms with Crippen LogP contribution in [0.2, 0.25) is 5.02 Å². The lowest BCUT2D eigenvalue weighted by molar-refractivity contribution is -0.384. The maximum Gasteiger partial charge on any atom is 0.288 e. The molecule has 0 radical (unpaired) electrons. The monoisotopic (exact) mass is 318 g/mol. The molecule has 0 fully saturated rings. The second-order valence-electron chi connectivity index (χ2n) is 4.81. The fourth-order valence-electron chi connectivity index (χ4n) is 2.18. The van der Waals surface area contributed by atoms with Crippen molar-refractivity contribution in [3.8, 4) is 0 Å². The Balaban J connectivity index is 2.41. The third-order valence-corrected chi connectivity index (χ3v) is 3.58. The van der Waals surface area contributed by atoms with Crippen molar-refractivity contribution in [1.82, 2.24) is 0 Å². The third kappa shape index (κ3) is 3.26. The molecular formula is C16H15ClN2O3. The summed E-state index contributed by atoms with van der Waals surface area (Å²) in [6.07, 6.45) is 0. The molecule has 2 rings (SSSR count). The fraction of sp³-hybridized carbons (Fsp3) is 0.188. The van der Waals surface area contributed by atoms with Crippen LogP contribution in [0.15, 0.2) is 42.5 Å². The number of anilines is 1. The Morgan fingerprint density at radius 2 is 2.00 bits per heavy atom. The van der Waals surface area contributed by atoms with E-state index in [-0.39, 0.29) is 22.2 Å². The van der Waals surface area contributed by atoms with Gasteiger partial charge < -0.3 is 4.90 Å². The molecule has 0 heterocycles. The average Bonchev–Trinajstić information content (AvgIpc) is 2.48. The number of benzene rings is 2. The van der Waals surface area contributed by atoms with Gasteiger partial charge in [0.25, 0.3) is 11.6 Å². The number of carbonyl (C=O) groups excluding carboxylic acids is 1. The number of rotatable bonds is 4. The maximum atomic E-state index is 12.6. The summed E-state index contributed by atoms with van der Waals surface area (Å²) < 4.78 is 0. The number of hydrogen-bond donors (Lipinski definition) is 0. The second-order valence-corrected chi connectivity index (χ2v) is 5.22. The van der Waals surface area contributed by atoms with Crippen molar-refractivity contribution >= 4 is 28.9 Å². The molecule has 0 aliphatic heterocycles. The van der Waals surface area contributed by atoms with Crippen LogP contribution in [0, 0.1) is 17.0 Å². The molecule has 0 atom stereocenters. The van der Waals surface area contributed by atoms with E-state index in [1.165, 1.54) is 18.2 Å². The Morgan fingerprint density at radius 3 is 2.59 bits per heavy atom. The topological polar surface area (TPSA) is 63.5 Å². The third-order valence-electron chi connectivity index (χ3n) is 3.26. The molecule has 2 aromatic carbocycles. The van der Waals surface area contributed by atoms with E-state index in [1.54, 1.807) is 4.90 Å². The van der Waals surface area contributed by atoms with Crippen LogP contribution >= 0.6 is 11.6 Å². The zero-order chi connectivity index (χ0) is 16.3. The Labute approximate surface area is 133 Å². The van der Waals surface area contributed by atoms with Crippen LogP contribution in [0.25, 0.3) is 0 Å². The summed E-state index contributed by atoms with van der Waals surface area (Å²) in [6.45, 7) is 4.25. The number of halogens is 1. The highest BCUT2D eigenvalue weighted by molar-refractivity contribution is 6.32. The van der Waals surface area contributed by atoms with Gasteiger partial charge in [-0.1, -0.05) is 23.7 Å². The van der Waals surface area contributed by atoms with Gasteiger partial charge >= 0.3 is 0 Å². The smallest absolute Gasteiger partial charge is 0.288 e. The standard InChI is InChI=1S/C16H15ClN2O3/c1-3-18(13-6-4-5-11(2)9-13)16(20)12-7-8-14(17)15(10-12)19(21)22/h4-10H,3H2,1-2H3. The molecule has 0 saturated carbocycles. The number of carbonyl (C=O) groups is 1. The highest BCUT2D eigenvalue weighted by Gasteiger charge is 2.20. The molecule has 0 aromatic heterocycles. The number of amides is 1. The van der Waals surface area contributed by atoms with E-state index in [4.69, 9.17) is 11.6 Å². The molecule has 2 aromatic rings. The largest absolute Gasteiger partial charge is 0.309 e. The SMILES string of the molecule is CCN(C(=O)c1ccc(Cl)c([N+](=O)[O-])c1)c1cccc(C)c1. The summed E-state index contributed by atoms with van der Waals surface area (Å²) in [5.74, 6) is -0.298. The van der Waals surface area contributed by atoms with Crippen LogP contribution in [0.4, 0.5) is 11.4 Å². The predicted molar refractivity (Wildman–Crippen MR) is 86.6 cm³/mol. The molecule has 1 amide bonds. The van der Waals surface area contributed by atoms with Crippen molar-refractivity contribution in [2.75, 3.05) is 11.4 Å². The van der Waals surface area contributed by atoms with E-state index >= 15 is 0 Å². The Morgan fingerprint density at radius 1 is 1.27 bits per heavy atom. The van der Waals surface area contributed by atoms with Crippen LogP contribution in [-0.4, -0.2) is 17.4 Å². The highest BCUT2D eigenvalue weighted by atomic mass is 35.5. The van der Waals surface area contributed by atoms with Gasteiger partial charge in [0.1, 0.15) is 5.02 Å². The minimum absolute atomic E-state index is 0.0140. The molecule has 0 aliphatic rings. The van der Waals surface area contributed by atoms with Gasteiger partial charge in [0.2, 0.25) is 0 Å². The van der Waals surface area contributed by atoms with Crippen molar-refractivity contribution in [3.05, 3.63) is 68.7 Å². The van der Waals surface area contributed by atoms with E-state index in [2.05, 4.69) is 0 Å². The van der Waals surface area contributed by atoms with Gasteiger partial charge in [-0.2, -0.15) is 0 Å². The number of nitro benzene ring substituents is 1. The van der Waals surface area contributed by atoms with Crippen LogP contribution in [0.3, 0.4) is 0 Å². The van der Waals surface area contributed by atoms with Crippen LogP contribution in [-0.2, 0) is 0 Å². The van der Waals surface area contributed by atoms with E-state index in [1.807, 2.05) is 38.1 Å². The number of nitro groups is 1. The quantitative estimate of drug-likeness (QED) is 0.626.